The van der Waals surface area contributed by atoms with Crippen LogP contribution in [0.2, 0.25) is 0 Å². The van der Waals surface area contributed by atoms with Crippen molar-refractivity contribution in [2.45, 2.75) is 19.0 Å². The second-order valence-electron chi connectivity index (χ2n) is 6.98. The van der Waals surface area contributed by atoms with Crippen LogP contribution in [0.15, 0.2) is 36.4 Å². The SMILES string of the molecule is COc1cc(CN(C)C(=O)C[C@H](NS(C)(=O)=O)c2ccc(F)cc2)cc(OC)c1OC. The summed E-state index contributed by atoms with van der Waals surface area (Å²) in [5, 5.41) is 0. The van der Waals surface area contributed by atoms with E-state index in [1.165, 1.54) is 50.5 Å². The van der Waals surface area contributed by atoms with Crippen LogP contribution in [-0.4, -0.2) is 53.9 Å². The molecule has 2 rings (SSSR count). The van der Waals surface area contributed by atoms with Gasteiger partial charge in [-0.15, -0.1) is 0 Å². The number of carbonyl (C=O) groups excluding carboxylic acids is 1. The normalized spacial score (nSPS) is 12.2. The molecule has 0 unspecified atom stereocenters. The Morgan fingerprint density at radius 3 is 2.06 bits per heavy atom. The summed E-state index contributed by atoms with van der Waals surface area (Å²) >= 11 is 0. The molecule has 1 N–H and O–H groups in total. The summed E-state index contributed by atoms with van der Waals surface area (Å²) in [7, 11) is 2.51. The minimum absolute atomic E-state index is 0.139. The van der Waals surface area contributed by atoms with Crippen LogP contribution in [0.3, 0.4) is 0 Å². The number of carbonyl (C=O) groups is 1. The fraction of sp³-hybridized carbons (Fsp3) is 0.381. The molecule has 0 saturated heterocycles. The molecule has 0 aromatic heterocycles. The summed E-state index contributed by atoms with van der Waals surface area (Å²) in [5.41, 5.74) is 1.22. The summed E-state index contributed by atoms with van der Waals surface area (Å²) in [5.74, 6) is 0.602. The van der Waals surface area contributed by atoms with E-state index >= 15 is 0 Å². The van der Waals surface area contributed by atoms with E-state index in [-0.39, 0.29) is 18.9 Å². The molecule has 170 valence electrons. The second-order valence-corrected chi connectivity index (χ2v) is 8.76. The maximum Gasteiger partial charge on any atom is 0.224 e. The lowest BCUT2D eigenvalue weighted by molar-refractivity contribution is -0.130. The van der Waals surface area contributed by atoms with Gasteiger partial charge in [0.1, 0.15) is 5.82 Å². The molecule has 31 heavy (non-hydrogen) atoms. The summed E-state index contributed by atoms with van der Waals surface area (Å²) in [6, 6.07) is 7.97. The standard InChI is InChI=1S/C21H27FN2O6S/c1-24(13-14-10-18(28-2)21(30-4)19(11-14)29-3)20(25)12-17(23-31(5,26)27)15-6-8-16(22)9-7-15/h6-11,17,23H,12-13H2,1-5H3/t17-/m0/s1. The van der Waals surface area contributed by atoms with Crippen molar-refractivity contribution in [3.8, 4) is 17.2 Å². The van der Waals surface area contributed by atoms with Crippen LogP contribution in [0.25, 0.3) is 0 Å². The van der Waals surface area contributed by atoms with Crippen LogP contribution in [0.1, 0.15) is 23.6 Å². The number of ether oxygens (including phenoxy) is 3. The van der Waals surface area contributed by atoms with E-state index in [1.807, 2.05) is 0 Å². The van der Waals surface area contributed by atoms with Crippen molar-refractivity contribution < 1.29 is 31.8 Å². The van der Waals surface area contributed by atoms with Crippen LogP contribution in [0.5, 0.6) is 17.2 Å². The fourth-order valence-electron chi connectivity index (χ4n) is 3.10. The van der Waals surface area contributed by atoms with E-state index in [9.17, 15) is 17.6 Å². The Morgan fingerprint density at radius 1 is 1.06 bits per heavy atom. The topological polar surface area (TPSA) is 94.2 Å². The number of nitrogens with one attached hydrogen (secondary N) is 1. The van der Waals surface area contributed by atoms with Crippen molar-refractivity contribution >= 4 is 15.9 Å². The predicted octanol–water partition coefficient (Wildman–Crippen LogP) is 2.49. The van der Waals surface area contributed by atoms with E-state index in [2.05, 4.69) is 4.72 Å². The van der Waals surface area contributed by atoms with Crippen LogP contribution < -0.4 is 18.9 Å². The number of methoxy groups -OCH3 is 3. The summed E-state index contributed by atoms with van der Waals surface area (Å²) < 4.78 is 55.2. The minimum Gasteiger partial charge on any atom is -0.493 e. The van der Waals surface area contributed by atoms with Crippen molar-refractivity contribution in [1.82, 2.24) is 9.62 Å². The molecule has 0 aliphatic carbocycles. The highest BCUT2D eigenvalue weighted by atomic mass is 32.2. The number of hydrogen-bond donors (Lipinski definition) is 1. The molecule has 0 aliphatic rings. The van der Waals surface area contributed by atoms with Gasteiger partial charge < -0.3 is 19.1 Å². The molecule has 2 aromatic rings. The zero-order chi connectivity index (χ0) is 23.2. The fourth-order valence-corrected chi connectivity index (χ4v) is 3.84. The number of hydrogen-bond acceptors (Lipinski definition) is 6. The number of benzene rings is 2. The number of halogens is 1. The summed E-state index contributed by atoms with van der Waals surface area (Å²) in [6.07, 6.45) is 0.868. The van der Waals surface area contributed by atoms with Crippen LogP contribution in [0.4, 0.5) is 4.39 Å². The predicted molar refractivity (Wildman–Crippen MR) is 114 cm³/mol. The van der Waals surface area contributed by atoms with Gasteiger partial charge in [-0.05, 0) is 35.4 Å². The first-order valence-corrected chi connectivity index (χ1v) is 11.2. The molecule has 0 aliphatic heterocycles. The smallest absolute Gasteiger partial charge is 0.224 e. The molecule has 0 heterocycles. The van der Waals surface area contributed by atoms with Gasteiger partial charge in [-0.3, -0.25) is 4.79 Å². The third-order valence-corrected chi connectivity index (χ3v) is 5.29. The molecule has 2 aromatic carbocycles. The quantitative estimate of drug-likeness (QED) is 0.593. The van der Waals surface area contributed by atoms with E-state index < -0.39 is 21.9 Å². The average Bonchev–Trinajstić information content (AvgIpc) is 2.71. The average molecular weight is 455 g/mol. The van der Waals surface area contributed by atoms with E-state index in [0.717, 1.165) is 11.8 Å². The highest BCUT2D eigenvalue weighted by Gasteiger charge is 2.23. The minimum atomic E-state index is -3.60. The first-order valence-electron chi connectivity index (χ1n) is 9.33. The van der Waals surface area contributed by atoms with Crippen molar-refractivity contribution in [3.63, 3.8) is 0 Å². The Bertz CT molecular complexity index is 986. The summed E-state index contributed by atoms with van der Waals surface area (Å²) in [6.45, 7) is 0.227. The van der Waals surface area contributed by atoms with Crippen molar-refractivity contribution in [3.05, 3.63) is 53.3 Å². The molecule has 0 fully saturated rings. The van der Waals surface area contributed by atoms with Crippen LogP contribution in [0, 0.1) is 5.82 Å². The van der Waals surface area contributed by atoms with E-state index in [0.29, 0.717) is 22.8 Å². The van der Waals surface area contributed by atoms with Gasteiger partial charge >= 0.3 is 0 Å². The third kappa shape index (κ3) is 6.83. The number of rotatable bonds is 10. The Labute approximate surface area is 182 Å². The number of sulfonamides is 1. The summed E-state index contributed by atoms with van der Waals surface area (Å²) in [4.78, 5) is 14.3. The molecule has 0 spiro atoms. The second kappa shape index (κ2) is 10.5. The van der Waals surface area contributed by atoms with Crippen molar-refractivity contribution in [2.24, 2.45) is 0 Å². The molecule has 1 atom stereocenters. The first-order chi connectivity index (χ1) is 14.6. The van der Waals surface area contributed by atoms with Gasteiger partial charge in [0.2, 0.25) is 21.7 Å². The molecule has 0 radical (unpaired) electrons. The van der Waals surface area contributed by atoms with Gasteiger partial charge in [-0.25, -0.2) is 17.5 Å². The van der Waals surface area contributed by atoms with Crippen LogP contribution in [-0.2, 0) is 21.4 Å². The lowest BCUT2D eigenvalue weighted by Crippen LogP contribution is -2.34. The van der Waals surface area contributed by atoms with Gasteiger partial charge in [0.25, 0.3) is 0 Å². The van der Waals surface area contributed by atoms with Crippen molar-refractivity contribution in [1.29, 1.82) is 0 Å². The first kappa shape index (κ1) is 24.4. The monoisotopic (exact) mass is 454 g/mol. The Kier molecular flexibility index (Phi) is 8.23. The molecular formula is C21H27FN2O6S. The zero-order valence-corrected chi connectivity index (χ0v) is 19.0. The molecule has 0 saturated carbocycles. The lowest BCUT2D eigenvalue weighted by atomic mass is 10.0. The largest absolute Gasteiger partial charge is 0.493 e. The van der Waals surface area contributed by atoms with Gasteiger partial charge in [0.15, 0.2) is 11.5 Å². The highest BCUT2D eigenvalue weighted by molar-refractivity contribution is 7.88. The maximum atomic E-state index is 13.3. The Balaban J connectivity index is 2.21. The molecular weight excluding hydrogens is 427 g/mol. The van der Waals surface area contributed by atoms with Gasteiger partial charge in [-0.1, -0.05) is 12.1 Å². The number of nitrogens with zero attached hydrogens (tertiary/aromatic N) is 1. The molecule has 8 nitrogen and oxygen atoms in total. The number of amides is 1. The van der Waals surface area contributed by atoms with Gasteiger partial charge in [-0.2, -0.15) is 0 Å². The van der Waals surface area contributed by atoms with E-state index in [1.54, 1.807) is 19.2 Å². The molecule has 0 bridgehead atoms. The Hall–Kier alpha value is -2.85. The third-order valence-electron chi connectivity index (χ3n) is 4.58. The zero-order valence-electron chi connectivity index (χ0n) is 18.1. The van der Waals surface area contributed by atoms with E-state index in [4.69, 9.17) is 14.2 Å². The van der Waals surface area contributed by atoms with Crippen LogP contribution >= 0.6 is 0 Å². The Morgan fingerprint density at radius 2 is 1.61 bits per heavy atom. The molecule has 10 heteroatoms. The molecule has 1 amide bonds. The van der Waals surface area contributed by atoms with Gasteiger partial charge in [0, 0.05) is 20.0 Å². The van der Waals surface area contributed by atoms with Gasteiger partial charge in [0.05, 0.1) is 33.6 Å². The maximum absolute atomic E-state index is 13.3. The highest BCUT2D eigenvalue weighted by Crippen LogP contribution is 2.38. The van der Waals surface area contributed by atoms with Crippen molar-refractivity contribution in [2.75, 3.05) is 34.6 Å². The lowest BCUT2D eigenvalue weighted by Gasteiger charge is -2.23.